The van der Waals surface area contributed by atoms with E-state index >= 15 is 0 Å². The average Bonchev–Trinajstić information content (AvgIpc) is 2.55. The van der Waals surface area contributed by atoms with E-state index in [-0.39, 0.29) is 0 Å². The van der Waals surface area contributed by atoms with Gasteiger partial charge >= 0.3 is 0 Å². The molecular weight excluding hydrogens is 220 g/mol. The van der Waals surface area contributed by atoms with Crippen LogP contribution in [0.3, 0.4) is 0 Å². The van der Waals surface area contributed by atoms with E-state index in [2.05, 4.69) is 37.9 Å². The van der Waals surface area contributed by atoms with Gasteiger partial charge in [0.1, 0.15) is 0 Å². The van der Waals surface area contributed by atoms with E-state index in [1.165, 1.54) is 51.7 Å². The van der Waals surface area contributed by atoms with E-state index in [1.54, 1.807) is 0 Å². The Morgan fingerprint density at radius 3 is 2.61 bits per heavy atom. The predicted octanol–water partition coefficient (Wildman–Crippen LogP) is 3.52. The van der Waals surface area contributed by atoms with Crippen LogP contribution in [0.2, 0.25) is 0 Å². The van der Waals surface area contributed by atoms with Gasteiger partial charge in [0.25, 0.3) is 0 Å². The zero-order valence-electron chi connectivity index (χ0n) is 13.0. The molecule has 0 aliphatic carbocycles. The summed E-state index contributed by atoms with van der Waals surface area (Å²) in [7, 11) is 0. The lowest BCUT2D eigenvalue weighted by Crippen LogP contribution is -2.38. The third-order valence-corrected chi connectivity index (χ3v) is 4.53. The van der Waals surface area contributed by atoms with Gasteiger partial charge in [-0.15, -0.1) is 0 Å². The molecule has 1 fully saturated rings. The highest BCUT2D eigenvalue weighted by Gasteiger charge is 2.16. The number of hydrogen-bond acceptors (Lipinski definition) is 2. The molecule has 1 N–H and O–H groups in total. The summed E-state index contributed by atoms with van der Waals surface area (Å²) in [6.07, 6.45) is 7.09. The molecule has 0 aromatic rings. The van der Waals surface area contributed by atoms with Crippen molar-refractivity contribution >= 4 is 0 Å². The molecule has 2 unspecified atom stereocenters. The van der Waals surface area contributed by atoms with Crippen molar-refractivity contribution in [1.82, 2.24) is 10.2 Å². The van der Waals surface area contributed by atoms with Crippen LogP contribution in [0.1, 0.15) is 59.8 Å². The van der Waals surface area contributed by atoms with Gasteiger partial charge in [-0.2, -0.15) is 0 Å². The van der Waals surface area contributed by atoms with Gasteiger partial charge in [0, 0.05) is 19.1 Å². The van der Waals surface area contributed by atoms with Gasteiger partial charge in [0.15, 0.2) is 0 Å². The molecule has 2 atom stereocenters. The van der Waals surface area contributed by atoms with Gasteiger partial charge in [0.05, 0.1) is 0 Å². The van der Waals surface area contributed by atoms with Gasteiger partial charge < -0.3 is 10.2 Å². The van der Waals surface area contributed by atoms with E-state index in [4.69, 9.17) is 0 Å². The summed E-state index contributed by atoms with van der Waals surface area (Å²) in [6.45, 7) is 14.2. The Morgan fingerprint density at radius 2 is 1.94 bits per heavy atom. The minimum absolute atomic E-state index is 0.643. The van der Waals surface area contributed by atoms with Crippen molar-refractivity contribution < 1.29 is 0 Å². The van der Waals surface area contributed by atoms with Crippen molar-refractivity contribution in [3.05, 3.63) is 0 Å². The summed E-state index contributed by atoms with van der Waals surface area (Å²) in [4.78, 5) is 2.66. The van der Waals surface area contributed by atoms with E-state index < -0.39 is 0 Å². The van der Waals surface area contributed by atoms with E-state index in [1.807, 2.05) is 0 Å². The van der Waals surface area contributed by atoms with Crippen molar-refractivity contribution in [2.24, 2.45) is 11.8 Å². The summed E-state index contributed by atoms with van der Waals surface area (Å²) >= 11 is 0. The number of likely N-dealkylation sites (tertiary alicyclic amines) is 1. The second-order valence-corrected chi connectivity index (χ2v) is 6.41. The summed E-state index contributed by atoms with van der Waals surface area (Å²) in [5.74, 6) is 1.74. The highest BCUT2D eigenvalue weighted by Crippen LogP contribution is 2.21. The summed E-state index contributed by atoms with van der Waals surface area (Å²) in [6, 6.07) is 0.643. The molecule has 0 aromatic carbocycles. The molecule has 0 saturated carbocycles. The molecule has 0 amide bonds. The highest BCUT2D eigenvalue weighted by atomic mass is 15.1. The zero-order chi connectivity index (χ0) is 13.4. The van der Waals surface area contributed by atoms with Crippen LogP contribution >= 0.6 is 0 Å². The largest absolute Gasteiger partial charge is 0.313 e. The number of hydrogen-bond donors (Lipinski definition) is 1. The predicted molar refractivity (Wildman–Crippen MR) is 81.0 cm³/mol. The summed E-state index contributed by atoms with van der Waals surface area (Å²) in [5.41, 5.74) is 0. The monoisotopic (exact) mass is 254 g/mol. The van der Waals surface area contributed by atoms with Gasteiger partial charge in [-0.05, 0) is 51.1 Å². The molecule has 0 aromatic heterocycles. The molecule has 2 nitrogen and oxygen atoms in total. The fourth-order valence-electron chi connectivity index (χ4n) is 2.83. The Bertz CT molecular complexity index is 203. The van der Waals surface area contributed by atoms with Gasteiger partial charge in [-0.3, -0.25) is 0 Å². The summed E-state index contributed by atoms with van der Waals surface area (Å²) < 4.78 is 0. The normalized spacial score (nSPS) is 24.2. The number of rotatable bonds is 7. The Balaban J connectivity index is 2.15. The lowest BCUT2D eigenvalue weighted by Gasteiger charge is -2.23. The van der Waals surface area contributed by atoms with Crippen LogP contribution in [0.5, 0.6) is 0 Å². The minimum Gasteiger partial charge on any atom is -0.313 e. The van der Waals surface area contributed by atoms with Crippen LogP contribution in [0, 0.1) is 11.8 Å². The lowest BCUT2D eigenvalue weighted by molar-refractivity contribution is 0.269. The van der Waals surface area contributed by atoms with Crippen molar-refractivity contribution in [2.45, 2.75) is 65.8 Å². The fourth-order valence-corrected chi connectivity index (χ4v) is 2.83. The molecule has 0 radical (unpaired) electrons. The van der Waals surface area contributed by atoms with Crippen molar-refractivity contribution in [3.63, 3.8) is 0 Å². The number of nitrogens with one attached hydrogen (secondary N) is 1. The molecule has 0 spiro atoms. The minimum atomic E-state index is 0.643. The van der Waals surface area contributed by atoms with Crippen LogP contribution in [0.4, 0.5) is 0 Å². The van der Waals surface area contributed by atoms with Gasteiger partial charge in [-0.25, -0.2) is 0 Å². The summed E-state index contributed by atoms with van der Waals surface area (Å²) in [5, 5.41) is 3.64. The first-order valence-electron chi connectivity index (χ1n) is 8.09. The molecule has 18 heavy (non-hydrogen) atoms. The first kappa shape index (κ1) is 16.0. The van der Waals surface area contributed by atoms with E-state index in [0.717, 1.165) is 18.4 Å². The molecule has 2 heteroatoms. The van der Waals surface area contributed by atoms with Crippen LogP contribution in [-0.4, -0.2) is 37.1 Å². The average molecular weight is 254 g/mol. The van der Waals surface area contributed by atoms with Crippen LogP contribution in [0.15, 0.2) is 0 Å². The Kier molecular flexibility index (Phi) is 7.92. The molecule has 108 valence electrons. The fraction of sp³-hybridized carbons (Fsp3) is 1.00. The first-order chi connectivity index (χ1) is 8.63. The van der Waals surface area contributed by atoms with Crippen LogP contribution in [-0.2, 0) is 0 Å². The molecule has 1 aliphatic heterocycles. The highest BCUT2D eigenvalue weighted by molar-refractivity contribution is 4.72. The van der Waals surface area contributed by atoms with Crippen LogP contribution < -0.4 is 5.32 Å². The van der Waals surface area contributed by atoms with Gasteiger partial charge in [-0.1, -0.05) is 33.6 Å². The first-order valence-corrected chi connectivity index (χ1v) is 8.09. The number of nitrogens with zero attached hydrogens (tertiary/aromatic N) is 1. The third kappa shape index (κ3) is 6.19. The van der Waals surface area contributed by atoms with E-state index in [9.17, 15) is 0 Å². The quantitative estimate of drug-likeness (QED) is 0.748. The molecular formula is C16H34N2. The maximum atomic E-state index is 3.64. The van der Waals surface area contributed by atoms with Crippen molar-refractivity contribution in [1.29, 1.82) is 0 Å². The Hall–Kier alpha value is -0.0800. The smallest absolute Gasteiger partial charge is 0.0107 e. The van der Waals surface area contributed by atoms with Crippen molar-refractivity contribution in [2.75, 3.05) is 26.2 Å². The second kappa shape index (κ2) is 8.92. The lowest BCUT2D eigenvalue weighted by atomic mass is 9.96. The topological polar surface area (TPSA) is 15.3 Å². The standard InChI is InChI=1S/C16H34N2/c1-5-7-16-8-6-11-18(12-9-16)13-10-17-15(4)14(2)3/h14-17H,5-13H2,1-4H3. The second-order valence-electron chi connectivity index (χ2n) is 6.41. The maximum Gasteiger partial charge on any atom is 0.0107 e. The van der Waals surface area contributed by atoms with Crippen LogP contribution in [0.25, 0.3) is 0 Å². The zero-order valence-corrected chi connectivity index (χ0v) is 13.0. The van der Waals surface area contributed by atoms with E-state index in [0.29, 0.717) is 6.04 Å². The Morgan fingerprint density at radius 1 is 1.17 bits per heavy atom. The molecule has 1 saturated heterocycles. The Labute approximate surface area is 115 Å². The molecule has 1 rings (SSSR count). The molecule has 0 bridgehead atoms. The SMILES string of the molecule is CCCC1CCCN(CCNC(C)C(C)C)CC1. The third-order valence-electron chi connectivity index (χ3n) is 4.53. The molecule has 1 aliphatic rings. The van der Waals surface area contributed by atoms with Crippen molar-refractivity contribution in [3.8, 4) is 0 Å². The molecule has 1 heterocycles. The maximum absolute atomic E-state index is 3.64. The van der Waals surface area contributed by atoms with Gasteiger partial charge in [0.2, 0.25) is 0 Å².